The van der Waals surface area contributed by atoms with Gasteiger partial charge in [0.15, 0.2) is 0 Å². The van der Waals surface area contributed by atoms with Crippen LogP contribution in [0.1, 0.15) is 37.4 Å². The first kappa shape index (κ1) is 13.2. The van der Waals surface area contributed by atoms with E-state index in [9.17, 15) is 5.11 Å². The van der Waals surface area contributed by atoms with E-state index in [1.165, 1.54) is 12.8 Å². The summed E-state index contributed by atoms with van der Waals surface area (Å²) < 4.78 is 0. The molecule has 1 aromatic heterocycles. The molecule has 2 fully saturated rings. The number of aliphatic hydroxyl groups is 1. The maximum Gasteiger partial charge on any atom is 0.0825 e. The predicted octanol–water partition coefficient (Wildman–Crippen LogP) is 3.14. The lowest BCUT2D eigenvalue weighted by atomic mass is 9.83. The van der Waals surface area contributed by atoms with Crippen LogP contribution in [0.2, 0.25) is 0 Å². The van der Waals surface area contributed by atoms with E-state index in [-0.39, 0.29) is 6.10 Å². The summed E-state index contributed by atoms with van der Waals surface area (Å²) in [4.78, 5) is 6.93. The summed E-state index contributed by atoms with van der Waals surface area (Å²) >= 11 is 0. The second-order valence-corrected chi connectivity index (χ2v) is 6.64. The molecule has 3 heteroatoms. The summed E-state index contributed by atoms with van der Waals surface area (Å²) in [7, 11) is 2.24. The zero-order valence-corrected chi connectivity index (χ0v) is 12.4. The van der Waals surface area contributed by atoms with Gasteiger partial charge in [0.1, 0.15) is 0 Å². The van der Waals surface area contributed by atoms with E-state index in [1.807, 2.05) is 24.4 Å². The molecule has 1 aromatic carbocycles. The van der Waals surface area contributed by atoms with Crippen LogP contribution in [0.15, 0.2) is 36.5 Å². The van der Waals surface area contributed by atoms with Gasteiger partial charge < -0.3 is 10.0 Å². The molecule has 0 spiro atoms. The van der Waals surface area contributed by atoms with Gasteiger partial charge in [-0.1, -0.05) is 18.2 Å². The normalized spacial score (nSPS) is 30.7. The second-order valence-electron chi connectivity index (χ2n) is 6.64. The molecule has 3 heterocycles. The van der Waals surface area contributed by atoms with Crippen molar-refractivity contribution in [3.63, 3.8) is 0 Å². The van der Waals surface area contributed by atoms with Crippen molar-refractivity contribution in [1.82, 2.24) is 9.88 Å². The predicted molar refractivity (Wildman–Crippen MR) is 84.0 cm³/mol. The van der Waals surface area contributed by atoms with E-state index in [0.717, 1.165) is 29.3 Å². The van der Waals surface area contributed by atoms with Crippen molar-refractivity contribution in [3.8, 4) is 0 Å². The monoisotopic (exact) mass is 282 g/mol. The van der Waals surface area contributed by atoms with Crippen LogP contribution >= 0.6 is 0 Å². The topological polar surface area (TPSA) is 36.4 Å². The van der Waals surface area contributed by atoms with Gasteiger partial charge in [-0.2, -0.15) is 0 Å². The van der Waals surface area contributed by atoms with Crippen LogP contribution in [0.3, 0.4) is 0 Å². The molecule has 2 aromatic rings. The van der Waals surface area contributed by atoms with E-state index in [0.29, 0.717) is 18.0 Å². The summed E-state index contributed by atoms with van der Waals surface area (Å²) in [5.74, 6) is 0.379. The van der Waals surface area contributed by atoms with Crippen molar-refractivity contribution in [2.75, 3.05) is 7.05 Å². The third-order valence-corrected chi connectivity index (χ3v) is 5.58. The number of hydrogen-bond donors (Lipinski definition) is 1. The maximum absolute atomic E-state index is 10.9. The number of nitrogens with zero attached hydrogens (tertiary/aromatic N) is 2. The molecule has 3 unspecified atom stereocenters. The number of fused-ring (bicyclic) bond motifs is 3. The zero-order valence-electron chi connectivity index (χ0n) is 12.4. The zero-order chi connectivity index (χ0) is 14.4. The second kappa shape index (κ2) is 5.08. The number of rotatable bonds is 2. The van der Waals surface area contributed by atoms with Crippen LogP contribution in [0.4, 0.5) is 0 Å². The fourth-order valence-electron chi connectivity index (χ4n) is 4.35. The highest BCUT2D eigenvalue weighted by Crippen LogP contribution is 2.43. The van der Waals surface area contributed by atoms with Crippen LogP contribution in [0.5, 0.6) is 0 Å². The fourth-order valence-corrected chi connectivity index (χ4v) is 4.35. The Morgan fingerprint density at radius 1 is 1.14 bits per heavy atom. The number of benzene rings is 1. The molecule has 3 atom stereocenters. The summed E-state index contributed by atoms with van der Waals surface area (Å²) in [5, 5.41) is 12.0. The van der Waals surface area contributed by atoms with E-state index in [2.05, 4.69) is 29.1 Å². The molecule has 2 aliphatic heterocycles. The molecule has 2 aliphatic rings. The van der Waals surface area contributed by atoms with Crippen LogP contribution in [0.25, 0.3) is 10.9 Å². The highest BCUT2D eigenvalue weighted by atomic mass is 16.3. The summed E-state index contributed by atoms with van der Waals surface area (Å²) in [6.07, 6.45) is 6.27. The van der Waals surface area contributed by atoms with Crippen LogP contribution in [0, 0.1) is 5.92 Å². The Morgan fingerprint density at radius 3 is 2.67 bits per heavy atom. The van der Waals surface area contributed by atoms with Gasteiger partial charge in [-0.25, -0.2) is 0 Å². The molecule has 0 aliphatic carbocycles. The molecular weight excluding hydrogens is 260 g/mol. The third kappa shape index (κ3) is 2.16. The lowest BCUT2D eigenvalue weighted by Crippen LogP contribution is -2.41. The number of aromatic nitrogens is 1. The summed E-state index contributed by atoms with van der Waals surface area (Å²) in [6, 6.07) is 11.4. The molecule has 1 N–H and O–H groups in total. The Labute approximate surface area is 125 Å². The van der Waals surface area contributed by atoms with Crippen molar-refractivity contribution < 1.29 is 5.11 Å². The molecule has 0 radical (unpaired) electrons. The number of hydrogen-bond acceptors (Lipinski definition) is 3. The molecule has 21 heavy (non-hydrogen) atoms. The van der Waals surface area contributed by atoms with Gasteiger partial charge in [0.05, 0.1) is 11.6 Å². The lowest BCUT2D eigenvalue weighted by Gasteiger charge is -2.38. The molecule has 0 saturated carbocycles. The van der Waals surface area contributed by atoms with Gasteiger partial charge in [0, 0.05) is 23.7 Å². The summed E-state index contributed by atoms with van der Waals surface area (Å²) in [5.41, 5.74) is 2.03. The van der Waals surface area contributed by atoms with Gasteiger partial charge in [-0.15, -0.1) is 0 Å². The molecule has 3 nitrogen and oxygen atoms in total. The fraction of sp³-hybridized carbons (Fsp3) is 0.500. The molecule has 110 valence electrons. The Bertz CT molecular complexity index is 637. The Morgan fingerprint density at radius 2 is 1.90 bits per heavy atom. The number of piperidine rings is 1. The van der Waals surface area contributed by atoms with Gasteiger partial charge in [0.2, 0.25) is 0 Å². The summed E-state index contributed by atoms with van der Waals surface area (Å²) in [6.45, 7) is 0. The van der Waals surface area contributed by atoms with Crippen molar-refractivity contribution in [2.24, 2.45) is 5.92 Å². The first-order valence-corrected chi connectivity index (χ1v) is 7.97. The van der Waals surface area contributed by atoms with E-state index < -0.39 is 0 Å². The minimum Gasteiger partial charge on any atom is -0.388 e. The molecule has 4 rings (SSSR count). The van der Waals surface area contributed by atoms with Crippen LogP contribution in [-0.2, 0) is 0 Å². The Hall–Kier alpha value is -1.45. The van der Waals surface area contributed by atoms with Crippen molar-refractivity contribution in [3.05, 3.63) is 42.1 Å². The third-order valence-electron chi connectivity index (χ3n) is 5.58. The van der Waals surface area contributed by atoms with Gasteiger partial charge in [-0.05, 0) is 56.3 Å². The van der Waals surface area contributed by atoms with Gasteiger partial charge in [0.25, 0.3) is 0 Å². The van der Waals surface area contributed by atoms with Crippen molar-refractivity contribution in [2.45, 2.75) is 43.9 Å². The van der Waals surface area contributed by atoms with Gasteiger partial charge >= 0.3 is 0 Å². The first-order chi connectivity index (χ1) is 10.2. The van der Waals surface area contributed by atoms with E-state index >= 15 is 0 Å². The molecule has 2 bridgehead atoms. The van der Waals surface area contributed by atoms with Crippen molar-refractivity contribution in [1.29, 1.82) is 0 Å². The largest absolute Gasteiger partial charge is 0.388 e. The van der Waals surface area contributed by atoms with Crippen molar-refractivity contribution >= 4 is 10.9 Å². The Kier molecular flexibility index (Phi) is 3.20. The van der Waals surface area contributed by atoms with Crippen LogP contribution < -0.4 is 0 Å². The standard InChI is InChI=1S/C18H22N2O/c1-20-13-7-8-14(20)11-12(10-13)18(21)16-4-2-6-17-15(16)5-3-9-19-17/h2-6,9,12-14,18,21H,7-8,10-11H2,1H3. The molecular formula is C18H22N2O. The minimum absolute atomic E-state index is 0.366. The maximum atomic E-state index is 10.9. The average Bonchev–Trinajstić information content (AvgIpc) is 2.75. The average molecular weight is 282 g/mol. The highest BCUT2D eigenvalue weighted by Gasteiger charge is 2.41. The molecule has 0 amide bonds. The lowest BCUT2D eigenvalue weighted by molar-refractivity contribution is 0.0364. The minimum atomic E-state index is -0.366. The van der Waals surface area contributed by atoms with Crippen LogP contribution in [-0.4, -0.2) is 34.1 Å². The first-order valence-electron chi connectivity index (χ1n) is 7.97. The number of aliphatic hydroxyl groups excluding tert-OH is 1. The quantitative estimate of drug-likeness (QED) is 0.919. The van der Waals surface area contributed by atoms with E-state index in [4.69, 9.17) is 0 Å². The highest BCUT2D eigenvalue weighted by molar-refractivity contribution is 5.82. The number of pyridine rings is 1. The Balaban J connectivity index is 1.66. The molecule has 2 saturated heterocycles. The van der Waals surface area contributed by atoms with E-state index in [1.54, 1.807) is 0 Å². The van der Waals surface area contributed by atoms with Gasteiger partial charge in [-0.3, -0.25) is 4.98 Å². The SMILES string of the molecule is CN1C2CCC1CC(C(O)c1cccc3ncccc13)C2. The smallest absolute Gasteiger partial charge is 0.0825 e.